The summed E-state index contributed by atoms with van der Waals surface area (Å²) in [6, 6.07) is 7.02. The van der Waals surface area contributed by atoms with Gasteiger partial charge in [-0.15, -0.1) is 0 Å². The molecule has 0 aliphatic carbocycles. The van der Waals surface area contributed by atoms with E-state index < -0.39 is 0 Å². The number of ether oxygens (including phenoxy) is 1. The van der Waals surface area contributed by atoms with Gasteiger partial charge in [0.15, 0.2) is 0 Å². The van der Waals surface area contributed by atoms with Gasteiger partial charge in [0.2, 0.25) is 0 Å². The largest absolute Gasteiger partial charge is 0.497 e. The second kappa shape index (κ2) is 10.5. The predicted molar refractivity (Wildman–Crippen MR) is 141 cm³/mol. The maximum Gasteiger partial charge on any atom is 0.258 e. The Labute approximate surface area is 208 Å². The summed E-state index contributed by atoms with van der Waals surface area (Å²) in [4.78, 5) is 36.4. The van der Waals surface area contributed by atoms with Gasteiger partial charge in [0.05, 0.1) is 23.2 Å². The number of halogens is 1. The van der Waals surface area contributed by atoms with Crippen molar-refractivity contribution in [1.29, 1.82) is 0 Å². The number of benzene rings is 1. The number of unbranched alkanes of at least 4 members (excludes halogenated alkanes) is 1. The normalized spacial score (nSPS) is 11.5. The molecule has 3 heterocycles. The van der Waals surface area contributed by atoms with Crippen molar-refractivity contribution in [3.8, 4) is 16.9 Å². The molecule has 35 heavy (non-hydrogen) atoms. The fraction of sp³-hybridized carbons (Fsp3) is 0.346. The van der Waals surface area contributed by atoms with Crippen LogP contribution in [0.3, 0.4) is 0 Å². The van der Waals surface area contributed by atoms with Crippen molar-refractivity contribution >= 4 is 39.4 Å². The lowest BCUT2D eigenvalue weighted by molar-refractivity contribution is 0.0955. The van der Waals surface area contributed by atoms with Gasteiger partial charge in [0, 0.05) is 47.4 Å². The Balaban J connectivity index is 1.94. The molecule has 8 nitrogen and oxygen atoms in total. The Hall–Kier alpha value is -3.36. The summed E-state index contributed by atoms with van der Waals surface area (Å²) in [7, 11) is 5.59. The number of carbonyl (C=O) groups is 1. The predicted octanol–water partition coefficient (Wildman–Crippen LogP) is 4.30. The molecule has 4 aromatic rings. The zero-order valence-electron chi connectivity index (χ0n) is 20.4. The molecule has 1 aromatic carbocycles. The topological polar surface area (TPSA) is 92.2 Å². The third-order valence-corrected chi connectivity index (χ3v) is 6.43. The molecule has 0 saturated heterocycles. The lowest BCUT2D eigenvalue weighted by Gasteiger charge is -2.17. The number of rotatable bonds is 9. The molecule has 0 bridgehead atoms. The highest BCUT2D eigenvalue weighted by Crippen LogP contribution is 2.35. The van der Waals surface area contributed by atoms with Crippen molar-refractivity contribution in [1.82, 2.24) is 24.8 Å². The summed E-state index contributed by atoms with van der Waals surface area (Å²) in [6.07, 6.45) is 5.37. The highest BCUT2D eigenvalue weighted by molar-refractivity contribution is 6.36. The van der Waals surface area contributed by atoms with Crippen LogP contribution in [-0.2, 0) is 6.54 Å². The summed E-state index contributed by atoms with van der Waals surface area (Å²) in [5.41, 5.74) is 2.50. The molecule has 3 aromatic heterocycles. The molecule has 4 rings (SSSR count). The minimum Gasteiger partial charge on any atom is -0.497 e. The highest BCUT2D eigenvalue weighted by atomic mass is 35.5. The Morgan fingerprint density at radius 3 is 2.74 bits per heavy atom. The van der Waals surface area contributed by atoms with Crippen LogP contribution in [0.2, 0.25) is 5.02 Å². The number of aromatic nitrogens is 3. The van der Waals surface area contributed by atoms with E-state index in [0.29, 0.717) is 30.0 Å². The fourth-order valence-corrected chi connectivity index (χ4v) is 4.61. The van der Waals surface area contributed by atoms with Gasteiger partial charge in [-0.2, -0.15) is 0 Å². The summed E-state index contributed by atoms with van der Waals surface area (Å²) >= 11 is 6.73. The van der Waals surface area contributed by atoms with E-state index in [2.05, 4.69) is 20.2 Å². The van der Waals surface area contributed by atoms with Crippen LogP contribution < -0.4 is 15.6 Å². The number of nitrogens with zero attached hydrogens (tertiary/aromatic N) is 3. The summed E-state index contributed by atoms with van der Waals surface area (Å²) in [6.45, 7) is 3.77. The van der Waals surface area contributed by atoms with Crippen molar-refractivity contribution in [3.63, 3.8) is 0 Å². The molecule has 0 fully saturated rings. The number of aromatic amines is 1. The molecule has 0 radical (unpaired) electrons. The van der Waals surface area contributed by atoms with E-state index >= 15 is 0 Å². The number of pyridine rings is 2. The van der Waals surface area contributed by atoms with Crippen LogP contribution in [0.5, 0.6) is 5.75 Å². The van der Waals surface area contributed by atoms with Gasteiger partial charge in [-0.1, -0.05) is 11.6 Å². The van der Waals surface area contributed by atoms with Gasteiger partial charge >= 0.3 is 0 Å². The lowest BCUT2D eigenvalue weighted by atomic mass is 10.0. The van der Waals surface area contributed by atoms with E-state index in [4.69, 9.17) is 16.3 Å². The number of fused-ring (bicyclic) bond motifs is 3. The SMILES string of the molecule is CCNC(=O)c1cc(OC)cc(-c2cc3cnc4[nH]ccc4c3n(CCCCN(C)C)c2=O)c1Cl. The van der Waals surface area contributed by atoms with E-state index in [1.165, 1.54) is 7.11 Å². The van der Waals surface area contributed by atoms with E-state index in [0.717, 1.165) is 41.3 Å². The molecule has 0 aliphatic heterocycles. The Morgan fingerprint density at radius 2 is 2.03 bits per heavy atom. The number of H-pyrrole nitrogens is 1. The van der Waals surface area contributed by atoms with E-state index in [9.17, 15) is 9.59 Å². The fourth-order valence-electron chi connectivity index (χ4n) is 4.32. The standard InChI is InChI=1S/C26H30ClN5O3/c1-5-28-25(33)21-14-17(35-4)13-19(22(21)27)20-12-16-15-30-24-18(8-9-29-24)23(16)32(26(20)34)11-7-6-10-31(2)3/h8-9,12-15H,5-7,10-11H2,1-4H3,(H,28,33)(H,29,30). The van der Waals surface area contributed by atoms with Crippen LogP contribution in [-0.4, -0.2) is 59.6 Å². The van der Waals surface area contributed by atoms with Crippen molar-refractivity contribution < 1.29 is 9.53 Å². The minimum atomic E-state index is -0.321. The number of amides is 1. The second-order valence-electron chi connectivity index (χ2n) is 8.72. The molecule has 1 amide bonds. The van der Waals surface area contributed by atoms with Gasteiger partial charge in [0.25, 0.3) is 11.5 Å². The second-order valence-corrected chi connectivity index (χ2v) is 9.10. The zero-order valence-corrected chi connectivity index (χ0v) is 21.2. The van der Waals surface area contributed by atoms with Gasteiger partial charge in [0.1, 0.15) is 11.4 Å². The maximum absolute atomic E-state index is 14.0. The Bertz CT molecular complexity index is 1440. The first kappa shape index (κ1) is 24.8. The summed E-state index contributed by atoms with van der Waals surface area (Å²) in [5, 5.41) is 4.69. The number of methoxy groups -OCH3 is 1. The number of nitrogens with one attached hydrogen (secondary N) is 2. The van der Waals surface area contributed by atoms with E-state index in [-0.39, 0.29) is 22.1 Å². The molecule has 0 unspecified atom stereocenters. The molecular weight excluding hydrogens is 466 g/mol. The van der Waals surface area contributed by atoms with Crippen molar-refractivity contribution in [3.05, 3.63) is 57.6 Å². The number of hydrogen-bond acceptors (Lipinski definition) is 5. The lowest BCUT2D eigenvalue weighted by Crippen LogP contribution is -2.25. The molecule has 0 aliphatic rings. The van der Waals surface area contributed by atoms with E-state index in [1.54, 1.807) is 29.0 Å². The third-order valence-electron chi connectivity index (χ3n) is 6.02. The third kappa shape index (κ3) is 4.90. The van der Waals surface area contributed by atoms with Gasteiger partial charge in [-0.3, -0.25) is 9.59 Å². The monoisotopic (exact) mass is 495 g/mol. The first-order valence-corrected chi connectivity index (χ1v) is 12.0. The van der Waals surface area contributed by atoms with Crippen LogP contribution in [0.25, 0.3) is 33.1 Å². The molecule has 9 heteroatoms. The average molecular weight is 496 g/mol. The first-order chi connectivity index (χ1) is 16.8. The van der Waals surface area contributed by atoms with Gasteiger partial charge < -0.3 is 24.5 Å². The van der Waals surface area contributed by atoms with E-state index in [1.807, 2.05) is 33.3 Å². The minimum absolute atomic E-state index is 0.173. The van der Waals surface area contributed by atoms with Gasteiger partial charge in [-0.25, -0.2) is 4.98 Å². The molecular formula is C26H30ClN5O3. The Morgan fingerprint density at radius 1 is 1.23 bits per heavy atom. The number of aryl methyl sites for hydroxylation is 1. The molecule has 2 N–H and O–H groups in total. The van der Waals surface area contributed by atoms with Crippen LogP contribution >= 0.6 is 11.6 Å². The Kier molecular flexibility index (Phi) is 7.42. The quantitative estimate of drug-likeness (QED) is 0.338. The van der Waals surface area contributed by atoms with Crippen LogP contribution in [0, 0.1) is 0 Å². The van der Waals surface area contributed by atoms with Crippen molar-refractivity contribution in [2.45, 2.75) is 26.3 Å². The number of carbonyl (C=O) groups excluding carboxylic acids is 1. The highest BCUT2D eigenvalue weighted by Gasteiger charge is 2.21. The van der Waals surface area contributed by atoms with Gasteiger partial charge in [-0.05, 0) is 64.7 Å². The molecule has 184 valence electrons. The maximum atomic E-state index is 14.0. The average Bonchev–Trinajstić information content (AvgIpc) is 3.32. The molecule has 0 saturated carbocycles. The smallest absolute Gasteiger partial charge is 0.258 e. The van der Waals surface area contributed by atoms with Crippen molar-refractivity contribution in [2.24, 2.45) is 0 Å². The zero-order chi connectivity index (χ0) is 25.1. The summed E-state index contributed by atoms with van der Waals surface area (Å²) < 4.78 is 7.24. The van der Waals surface area contributed by atoms with Crippen LogP contribution in [0.15, 0.2) is 41.5 Å². The molecule has 0 spiro atoms. The van der Waals surface area contributed by atoms with Crippen LogP contribution in [0.1, 0.15) is 30.1 Å². The first-order valence-electron chi connectivity index (χ1n) is 11.7. The van der Waals surface area contributed by atoms with Crippen molar-refractivity contribution in [2.75, 3.05) is 34.3 Å². The number of hydrogen-bond donors (Lipinski definition) is 2. The molecule has 0 atom stereocenters. The van der Waals surface area contributed by atoms with Crippen LogP contribution in [0.4, 0.5) is 0 Å². The summed E-state index contributed by atoms with van der Waals surface area (Å²) in [5.74, 6) is 0.125.